The summed E-state index contributed by atoms with van der Waals surface area (Å²) in [5, 5.41) is 9.33. The smallest absolute Gasteiger partial charge is 0.337 e. The molecule has 1 aromatic heterocycles. The molecule has 1 N–H and O–H groups in total. The number of carboxylic acids is 1. The second-order valence-electron chi connectivity index (χ2n) is 4.63. The number of hydrogen-bond acceptors (Lipinski definition) is 2. The van der Waals surface area contributed by atoms with Crippen molar-refractivity contribution in [3.8, 4) is 16.9 Å². The standard InChI is InChI=1S/C15H17NO3/c1-10(2)16-8-12(13(9-16)15(17)18)11-6-4-5-7-14(11)19-3/h4-10H,1-3H3,(H,17,18). The molecule has 0 fully saturated rings. The van der Waals surface area contributed by atoms with Gasteiger partial charge < -0.3 is 14.4 Å². The van der Waals surface area contributed by atoms with E-state index in [4.69, 9.17) is 4.74 Å². The van der Waals surface area contributed by atoms with Crippen molar-refractivity contribution >= 4 is 5.97 Å². The first-order valence-corrected chi connectivity index (χ1v) is 6.12. The van der Waals surface area contributed by atoms with Crippen molar-refractivity contribution in [2.24, 2.45) is 0 Å². The molecule has 1 heterocycles. The van der Waals surface area contributed by atoms with E-state index in [0.717, 1.165) is 5.56 Å². The van der Waals surface area contributed by atoms with E-state index in [2.05, 4.69) is 0 Å². The van der Waals surface area contributed by atoms with Crippen molar-refractivity contribution in [3.05, 3.63) is 42.2 Å². The Labute approximate surface area is 112 Å². The molecular formula is C15H17NO3. The van der Waals surface area contributed by atoms with Gasteiger partial charge in [-0.05, 0) is 19.9 Å². The summed E-state index contributed by atoms with van der Waals surface area (Å²) in [6.45, 7) is 4.02. The average molecular weight is 259 g/mol. The number of para-hydroxylation sites is 1. The fourth-order valence-electron chi connectivity index (χ4n) is 2.02. The van der Waals surface area contributed by atoms with Crippen molar-refractivity contribution in [3.63, 3.8) is 0 Å². The van der Waals surface area contributed by atoms with Gasteiger partial charge in [-0.3, -0.25) is 0 Å². The van der Waals surface area contributed by atoms with Crippen LogP contribution >= 0.6 is 0 Å². The lowest BCUT2D eigenvalue weighted by Crippen LogP contribution is -1.98. The maximum atomic E-state index is 11.4. The number of aromatic nitrogens is 1. The molecule has 0 bridgehead atoms. The van der Waals surface area contributed by atoms with Crippen LogP contribution < -0.4 is 4.74 Å². The Bertz CT molecular complexity index is 599. The van der Waals surface area contributed by atoms with E-state index in [1.807, 2.05) is 48.9 Å². The number of rotatable bonds is 4. The van der Waals surface area contributed by atoms with Crippen LogP contribution in [0.3, 0.4) is 0 Å². The molecule has 19 heavy (non-hydrogen) atoms. The predicted octanol–water partition coefficient (Wildman–Crippen LogP) is 3.44. The molecule has 0 saturated heterocycles. The number of carbonyl (C=O) groups is 1. The second-order valence-corrected chi connectivity index (χ2v) is 4.63. The van der Waals surface area contributed by atoms with Crippen molar-refractivity contribution in [2.75, 3.05) is 7.11 Å². The van der Waals surface area contributed by atoms with Crippen LogP contribution in [0.1, 0.15) is 30.2 Å². The topological polar surface area (TPSA) is 51.5 Å². The van der Waals surface area contributed by atoms with E-state index in [1.54, 1.807) is 13.3 Å². The van der Waals surface area contributed by atoms with Crippen LogP contribution in [0, 0.1) is 0 Å². The maximum Gasteiger partial charge on any atom is 0.337 e. The highest BCUT2D eigenvalue weighted by atomic mass is 16.5. The summed E-state index contributed by atoms with van der Waals surface area (Å²) in [6.07, 6.45) is 3.51. The Morgan fingerprint density at radius 3 is 2.47 bits per heavy atom. The van der Waals surface area contributed by atoms with Crippen LogP contribution in [0.5, 0.6) is 5.75 Å². The molecule has 0 spiro atoms. The third-order valence-electron chi connectivity index (χ3n) is 3.07. The van der Waals surface area contributed by atoms with Crippen LogP contribution in [0.25, 0.3) is 11.1 Å². The van der Waals surface area contributed by atoms with Gasteiger partial charge in [0.05, 0.1) is 12.7 Å². The van der Waals surface area contributed by atoms with Gasteiger partial charge in [0.25, 0.3) is 0 Å². The van der Waals surface area contributed by atoms with Crippen LogP contribution in [0.2, 0.25) is 0 Å². The maximum absolute atomic E-state index is 11.4. The highest BCUT2D eigenvalue weighted by Crippen LogP contribution is 2.33. The van der Waals surface area contributed by atoms with Gasteiger partial charge in [0.1, 0.15) is 5.75 Å². The normalized spacial score (nSPS) is 10.7. The highest BCUT2D eigenvalue weighted by molar-refractivity contribution is 5.96. The van der Waals surface area contributed by atoms with E-state index in [-0.39, 0.29) is 6.04 Å². The molecule has 2 rings (SSSR count). The highest BCUT2D eigenvalue weighted by Gasteiger charge is 2.18. The molecule has 100 valence electrons. The van der Waals surface area contributed by atoms with E-state index < -0.39 is 5.97 Å². The minimum Gasteiger partial charge on any atom is -0.496 e. The Kier molecular flexibility index (Phi) is 3.60. The van der Waals surface area contributed by atoms with Crippen molar-refractivity contribution in [1.82, 2.24) is 4.57 Å². The molecule has 0 radical (unpaired) electrons. The lowest BCUT2D eigenvalue weighted by atomic mass is 10.0. The zero-order valence-electron chi connectivity index (χ0n) is 11.3. The van der Waals surface area contributed by atoms with Gasteiger partial charge in [0.2, 0.25) is 0 Å². The molecule has 4 nitrogen and oxygen atoms in total. The van der Waals surface area contributed by atoms with Crippen molar-refractivity contribution in [2.45, 2.75) is 19.9 Å². The van der Waals surface area contributed by atoms with Crippen LogP contribution in [0.15, 0.2) is 36.7 Å². The fraction of sp³-hybridized carbons (Fsp3) is 0.267. The van der Waals surface area contributed by atoms with Crippen molar-refractivity contribution < 1.29 is 14.6 Å². The average Bonchev–Trinajstić information content (AvgIpc) is 2.83. The van der Waals surface area contributed by atoms with E-state index >= 15 is 0 Å². The summed E-state index contributed by atoms with van der Waals surface area (Å²) in [7, 11) is 1.58. The first kappa shape index (κ1) is 13.2. The molecule has 0 saturated carbocycles. The van der Waals surface area contributed by atoms with Gasteiger partial charge in [-0.25, -0.2) is 4.79 Å². The zero-order valence-corrected chi connectivity index (χ0v) is 11.3. The summed E-state index contributed by atoms with van der Waals surface area (Å²) in [5.74, 6) is -0.258. The third-order valence-corrected chi connectivity index (χ3v) is 3.07. The number of hydrogen-bond donors (Lipinski definition) is 1. The lowest BCUT2D eigenvalue weighted by Gasteiger charge is -2.08. The van der Waals surface area contributed by atoms with E-state index in [9.17, 15) is 9.90 Å². The van der Waals surface area contributed by atoms with E-state index in [1.165, 1.54) is 0 Å². The number of aromatic carboxylic acids is 1. The van der Waals surface area contributed by atoms with Crippen LogP contribution in [-0.2, 0) is 0 Å². The lowest BCUT2D eigenvalue weighted by molar-refractivity contribution is 0.0697. The summed E-state index contributed by atoms with van der Waals surface area (Å²) < 4.78 is 7.20. The van der Waals surface area contributed by atoms with Gasteiger partial charge in [-0.2, -0.15) is 0 Å². The number of methoxy groups -OCH3 is 1. The Morgan fingerprint density at radius 2 is 1.89 bits per heavy atom. The largest absolute Gasteiger partial charge is 0.496 e. The minimum absolute atomic E-state index is 0.210. The third kappa shape index (κ3) is 2.47. The summed E-state index contributed by atoms with van der Waals surface area (Å²) in [6, 6.07) is 7.64. The predicted molar refractivity (Wildman–Crippen MR) is 73.8 cm³/mol. The molecule has 0 amide bonds. The molecular weight excluding hydrogens is 242 g/mol. The number of ether oxygens (including phenoxy) is 1. The van der Waals surface area contributed by atoms with Crippen molar-refractivity contribution in [1.29, 1.82) is 0 Å². The van der Waals surface area contributed by atoms with E-state index in [0.29, 0.717) is 16.9 Å². The van der Waals surface area contributed by atoms with Gasteiger partial charge in [-0.1, -0.05) is 18.2 Å². The summed E-state index contributed by atoms with van der Waals surface area (Å²) in [4.78, 5) is 11.4. The molecule has 0 aliphatic heterocycles. The number of carboxylic acid groups (broad SMARTS) is 1. The van der Waals surface area contributed by atoms with Crippen LogP contribution in [0.4, 0.5) is 0 Å². The second kappa shape index (κ2) is 5.18. The van der Waals surface area contributed by atoms with Gasteiger partial charge in [-0.15, -0.1) is 0 Å². The van der Waals surface area contributed by atoms with Crippen LogP contribution in [-0.4, -0.2) is 22.8 Å². The summed E-state index contributed by atoms with van der Waals surface area (Å²) >= 11 is 0. The Balaban J connectivity index is 2.63. The SMILES string of the molecule is COc1ccccc1-c1cn(C(C)C)cc1C(=O)O. The minimum atomic E-state index is -0.930. The van der Waals surface area contributed by atoms with Gasteiger partial charge >= 0.3 is 5.97 Å². The Morgan fingerprint density at radius 1 is 1.21 bits per heavy atom. The molecule has 0 atom stereocenters. The molecule has 4 heteroatoms. The monoisotopic (exact) mass is 259 g/mol. The van der Waals surface area contributed by atoms with Gasteiger partial charge in [0.15, 0.2) is 0 Å². The summed E-state index contributed by atoms with van der Waals surface area (Å²) in [5.41, 5.74) is 1.76. The first-order valence-electron chi connectivity index (χ1n) is 6.12. The number of benzene rings is 1. The first-order chi connectivity index (χ1) is 9.04. The molecule has 0 unspecified atom stereocenters. The molecule has 0 aliphatic rings. The quantitative estimate of drug-likeness (QED) is 0.915. The zero-order chi connectivity index (χ0) is 14.0. The molecule has 2 aromatic rings. The fourth-order valence-corrected chi connectivity index (χ4v) is 2.02. The molecule has 0 aliphatic carbocycles. The number of nitrogens with zero attached hydrogens (tertiary/aromatic N) is 1. The molecule has 1 aromatic carbocycles. The van der Waals surface area contributed by atoms with Gasteiger partial charge in [0, 0.05) is 29.6 Å². The Hall–Kier alpha value is -2.23.